The van der Waals surface area contributed by atoms with E-state index < -0.39 is 8.07 Å². The fourth-order valence-electron chi connectivity index (χ4n) is 4.73. The predicted octanol–water partition coefficient (Wildman–Crippen LogP) is 6.03. The Morgan fingerprint density at radius 3 is 2.39 bits per heavy atom. The van der Waals surface area contributed by atoms with Crippen molar-refractivity contribution in [2.75, 3.05) is 0 Å². The molecule has 0 radical (unpaired) electrons. The van der Waals surface area contributed by atoms with E-state index in [-0.39, 0.29) is 24.0 Å². The number of rotatable bonds is 5. The minimum atomic E-state index is -1.81. The van der Waals surface area contributed by atoms with Gasteiger partial charge in [0, 0.05) is 18.7 Å². The first kappa shape index (κ1) is 23.2. The van der Waals surface area contributed by atoms with Gasteiger partial charge in [-0.25, -0.2) is 4.79 Å². The van der Waals surface area contributed by atoms with Crippen molar-refractivity contribution < 1.29 is 14.3 Å². The first-order valence-electron chi connectivity index (χ1n) is 11.1. The second kappa shape index (κ2) is 9.14. The number of Topliss-reactive ketones (excluding diaryl/α,β-unsaturated/α-hetero) is 1. The molecule has 1 aliphatic carbocycles. The Kier molecular flexibility index (Phi) is 7.57. The minimum absolute atomic E-state index is 0.0164. The molecule has 0 spiro atoms. The summed E-state index contributed by atoms with van der Waals surface area (Å²) in [5.41, 5.74) is 0. The van der Waals surface area contributed by atoms with Gasteiger partial charge in [0.05, 0.1) is 8.07 Å². The molecule has 28 heavy (non-hydrogen) atoms. The number of hydrogen-bond donors (Lipinski definition) is 0. The van der Waals surface area contributed by atoms with E-state index in [4.69, 9.17) is 4.74 Å². The molecule has 1 aliphatic heterocycles. The Labute approximate surface area is 173 Å². The molecule has 5 heteroatoms. The Morgan fingerprint density at radius 2 is 1.86 bits per heavy atom. The molecule has 0 aromatic heterocycles. The zero-order valence-electron chi connectivity index (χ0n) is 19.2. The SMILES string of the molecule is CC(C)C[C@H]1CC(=O)C([Si](C)(C)C)=CN1C(=O)O[C@@H]1C[C@H](C)CC[C@H]1C(C)C. The molecule has 0 unspecified atom stereocenters. The number of ketones is 1. The Bertz CT molecular complexity index is 605. The molecule has 0 aromatic rings. The maximum Gasteiger partial charge on any atom is 0.414 e. The fourth-order valence-corrected chi connectivity index (χ4v) is 6.20. The third kappa shape index (κ3) is 5.71. The second-order valence-corrected chi connectivity index (χ2v) is 15.9. The van der Waals surface area contributed by atoms with Crippen LogP contribution >= 0.6 is 0 Å². The largest absolute Gasteiger partial charge is 0.446 e. The monoisotopic (exact) mass is 407 g/mol. The van der Waals surface area contributed by atoms with Crippen LogP contribution in [0.1, 0.15) is 66.7 Å². The van der Waals surface area contributed by atoms with E-state index in [0.717, 1.165) is 24.5 Å². The fraction of sp³-hybridized carbons (Fsp3) is 0.826. The average molecular weight is 408 g/mol. The van der Waals surface area contributed by atoms with Gasteiger partial charge in [-0.2, -0.15) is 0 Å². The first-order chi connectivity index (χ1) is 12.9. The van der Waals surface area contributed by atoms with E-state index in [1.54, 1.807) is 4.90 Å². The molecule has 1 fully saturated rings. The van der Waals surface area contributed by atoms with E-state index in [9.17, 15) is 9.59 Å². The highest BCUT2D eigenvalue weighted by molar-refractivity contribution is 6.87. The molecule has 0 bridgehead atoms. The van der Waals surface area contributed by atoms with Crippen LogP contribution in [0.25, 0.3) is 0 Å². The summed E-state index contributed by atoms with van der Waals surface area (Å²) in [7, 11) is -1.81. The molecule has 4 atom stereocenters. The number of hydrogen-bond acceptors (Lipinski definition) is 3. The molecule has 160 valence electrons. The van der Waals surface area contributed by atoms with Gasteiger partial charge in [-0.15, -0.1) is 0 Å². The zero-order valence-corrected chi connectivity index (χ0v) is 20.2. The van der Waals surface area contributed by atoms with E-state index in [1.807, 2.05) is 6.20 Å². The van der Waals surface area contributed by atoms with Crippen LogP contribution in [-0.2, 0) is 9.53 Å². The molecular formula is C23H41NO3Si. The van der Waals surface area contributed by atoms with Gasteiger partial charge in [-0.3, -0.25) is 9.69 Å². The van der Waals surface area contributed by atoms with Gasteiger partial charge >= 0.3 is 6.09 Å². The first-order valence-corrected chi connectivity index (χ1v) is 14.6. The topological polar surface area (TPSA) is 46.6 Å². The number of ether oxygens (including phenoxy) is 1. The van der Waals surface area contributed by atoms with Gasteiger partial charge in [-0.05, 0) is 48.1 Å². The lowest BCUT2D eigenvalue weighted by Gasteiger charge is -2.40. The van der Waals surface area contributed by atoms with Gasteiger partial charge in [0.15, 0.2) is 5.78 Å². The summed E-state index contributed by atoms with van der Waals surface area (Å²) < 4.78 is 6.13. The van der Waals surface area contributed by atoms with Crippen LogP contribution in [-0.4, -0.2) is 37.0 Å². The van der Waals surface area contributed by atoms with Gasteiger partial charge in [0.25, 0.3) is 0 Å². The molecule has 4 nitrogen and oxygen atoms in total. The quantitative estimate of drug-likeness (QED) is 0.522. The zero-order chi connectivity index (χ0) is 21.2. The van der Waals surface area contributed by atoms with Crippen molar-refractivity contribution in [3.63, 3.8) is 0 Å². The molecular weight excluding hydrogens is 366 g/mol. The van der Waals surface area contributed by atoms with Crippen molar-refractivity contribution in [3.05, 3.63) is 11.4 Å². The lowest BCUT2D eigenvalue weighted by Crippen LogP contribution is -2.48. The van der Waals surface area contributed by atoms with Gasteiger partial charge in [0.2, 0.25) is 0 Å². The van der Waals surface area contributed by atoms with Crippen molar-refractivity contribution in [1.29, 1.82) is 0 Å². The number of allylic oxidation sites excluding steroid dienone is 1. The van der Waals surface area contributed by atoms with Crippen LogP contribution in [0.4, 0.5) is 4.79 Å². The lowest BCUT2D eigenvalue weighted by atomic mass is 9.75. The summed E-state index contributed by atoms with van der Waals surface area (Å²) in [5.74, 6) is 2.17. The van der Waals surface area contributed by atoms with Crippen LogP contribution in [0.15, 0.2) is 11.4 Å². The molecule has 2 rings (SSSR count). The van der Waals surface area contributed by atoms with E-state index in [0.29, 0.717) is 30.1 Å². The summed E-state index contributed by atoms with van der Waals surface area (Å²) in [4.78, 5) is 27.8. The Hall–Kier alpha value is -1.10. The minimum Gasteiger partial charge on any atom is -0.446 e. The van der Waals surface area contributed by atoms with Gasteiger partial charge in [-0.1, -0.05) is 60.7 Å². The summed E-state index contributed by atoms with van der Waals surface area (Å²) in [6.45, 7) is 17.5. The van der Waals surface area contributed by atoms with Crippen LogP contribution in [0.2, 0.25) is 19.6 Å². The van der Waals surface area contributed by atoms with E-state index in [1.165, 1.54) is 6.42 Å². The maximum absolute atomic E-state index is 13.3. The highest BCUT2D eigenvalue weighted by atomic mass is 28.3. The van der Waals surface area contributed by atoms with Crippen molar-refractivity contribution in [2.24, 2.45) is 23.7 Å². The molecule has 0 aromatic carbocycles. The summed E-state index contributed by atoms with van der Waals surface area (Å²) in [6.07, 6.45) is 6.12. The third-order valence-electron chi connectivity index (χ3n) is 6.36. The molecule has 0 saturated heterocycles. The van der Waals surface area contributed by atoms with Crippen LogP contribution in [0, 0.1) is 23.7 Å². The van der Waals surface area contributed by atoms with Crippen molar-refractivity contribution in [1.82, 2.24) is 4.90 Å². The lowest BCUT2D eigenvalue weighted by molar-refractivity contribution is -0.116. The third-order valence-corrected chi connectivity index (χ3v) is 8.38. The van der Waals surface area contributed by atoms with Crippen molar-refractivity contribution in [2.45, 2.75) is 98.5 Å². The number of nitrogens with zero attached hydrogens (tertiary/aromatic N) is 1. The van der Waals surface area contributed by atoms with Crippen molar-refractivity contribution in [3.8, 4) is 0 Å². The highest BCUT2D eigenvalue weighted by Gasteiger charge is 2.39. The predicted molar refractivity (Wildman–Crippen MR) is 118 cm³/mol. The number of amides is 1. The van der Waals surface area contributed by atoms with E-state index in [2.05, 4.69) is 54.3 Å². The molecule has 1 amide bonds. The standard InChI is InChI=1S/C23H41NO3Si/c1-15(2)11-18-13-20(25)22(28(6,7)8)14-24(18)23(26)27-21-12-17(5)9-10-19(21)16(3)4/h14-19,21H,9-13H2,1-8H3/t17-,18+,19+,21-/m1/s1. The summed E-state index contributed by atoms with van der Waals surface area (Å²) in [6, 6.07) is -0.0846. The molecule has 0 N–H and O–H groups in total. The molecule has 2 aliphatic rings. The average Bonchev–Trinajstić information content (AvgIpc) is 2.52. The van der Waals surface area contributed by atoms with Crippen LogP contribution in [0.3, 0.4) is 0 Å². The normalized spacial score (nSPS) is 29.3. The Balaban J connectivity index is 2.26. The summed E-state index contributed by atoms with van der Waals surface area (Å²) >= 11 is 0. The highest BCUT2D eigenvalue weighted by Crippen LogP contribution is 2.36. The number of carbonyl (C=O) groups excluding carboxylic acids is 2. The Morgan fingerprint density at radius 1 is 1.21 bits per heavy atom. The van der Waals surface area contributed by atoms with Gasteiger partial charge in [0.1, 0.15) is 6.10 Å². The van der Waals surface area contributed by atoms with Gasteiger partial charge < -0.3 is 4.74 Å². The van der Waals surface area contributed by atoms with Crippen LogP contribution < -0.4 is 0 Å². The molecule has 1 saturated carbocycles. The molecule has 1 heterocycles. The summed E-state index contributed by atoms with van der Waals surface area (Å²) in [5, 5.41) is 0.863. The second-order valence-electron chi connectivity index (χ2n) is 10.9. The maximum atomic E-state index is 13.3. The van der Waals surface area contributed by atoms with E-state index >= 15 is 0 Å². The van der Waals surface area contributed by atoms with Crippen LogP contribution in [0.5, 0.6) is 0 Å². The smallest absolute Gasteiger partial charge is 0.414 e. The number of carbonyl (C=O) groups is 2. The van der Waals surface area contributed by atoms with Crippen molar-refractivity contribution >= 4 is 20.0 Å².